The molecular weight excluding hydrogens is 210 g/mol. The Labute approximate surface area is 95.1 Å². The first-order chi connectivity index (χ1) is 6.53. The molecule has 0 aliphatic rings. The van der Waals surface area contributed by atoms with E-state index in [1.54, 1.807) is 0 Å². The van der Waals surface area contributed by atoms with Crippen LogP contribution in [0, 0.1) is 0 Å². The zero-order chi connectivity index (χ0) is 10.6. The molecule has 14 heavy (non-hydrogen) atoms. The van der Waals surface area contributed by atoms with Gasteiger partial charge in [-0.15, -0.1) is 23.5 Å². The Bertz CT molecular complexity index is 266. The van der Waals surface area contributed by atoms with E-state index in [1.165, 1.54) is 5.56 Å². The zero-order valence-electron chi connectivity index (χ0n) is 9.15. The molecule has 0 spiro atoms. The normalized spacial score (nSPS) is 14.0. The molecule has 0 aliphatic carbocycles. The van der Waals surface area contributed by atoms with Gasteiger partial charge in [-0.2, -0.15) is 0 Å². The number of rotatable bonds is 3. The van der Waals surface area contributed by atoms with Gasteiger partial charge in [-0.05, 0) is 17.9 Å². The molecule has 0 radical (unpaired) electrons. The Kier molecular flexibility index (Phi) is 4.32. The van der Waals surface area contributed by atoms with Crippen molar-refractivity contribution in [3.8, 4) is 0 Å². The van der Waals surface area contributed by atoms with Crippen LogP contribution in [0.2, 0.25) is 0 Å². The van der Waals surface area contributed by atoms with Crippen LogP contribution in [0.25, 0.3) is 0 Å². The lowest BCUT2D eigenvalue weighted by Gasteiger charge is -2.24. The number of pyridine rings is 1. The molecule has 0 fully saturated rings. The molecule has 0 aromatic carbocycles. The first-order valence-corrected chi connectivity index (χ1v) is 6.80. The molecular formula is C11H17NS2. The van der Waals surface area contributed by atoms with Crippen molar-refractivity contribution in [1.29, 1.82) is 0 Å². The van der Waals surface area contributed by atoms with E-state index < -0.39 is 0 Å². The van der Waals surface area contributed by atoms with Crippen LogP contribution < -0.4 is 0 Å². The minimum Gasteiger partial charge on any atom is -0.264 e. The fourth-order valence-electron chi connectivity index (χ4n) is 1.09. The van der Waals surface area contributed by atoms with Crippen LogP contribution in [0.15, 0.2) is 24.5 Å². The third kappa shape index (κ3) is 3.93. The fourth-order valence-corrected chi connectivity index (χ4v) is 3.67. The van der Waals surface area contributed by atoms with Gasteiger partial charge in [-0.3, -0.25) is 4.98 Å². The quantitative estimate of drug-likeness (QED) is 0.725. The van der Waals surface area contributed by atoms with E-state index in [9.17, 15) is 0 Å². The highest BCUT2D eigenvalue weighted by Gasteiger charge is 2.19. The number of hydrogen-bond donors (Lipinski definition) is 0. The van der Waals surface area contributed by atoms with E-state index in [2.05, 4.69) is 38.1 Å². The number of nitrogens with zero attached hydrogens (tertiary/aromatic N) is 1. The highest BCUT2D eigenvalue weighted by atomic mass is 32.2. The SMILES string of the molecule is CSC(SC(C)(C)C)c1cccnc1. The lowest BCUT2D eigenvalue weighted by Crippen LogP contribution is -2.09. The first kappa shape index (κ1) is 11.9. The number of aromatic nitrogens is 1. The summed E-state index contributed by atoms with van der Waals surface area (Å²) in [7, 11) is 0. The molecule has 1 atom stereocenters. The molecule has 1 aromatic rings. The largest absolute Gasteiger partial charge is 0.264 e. The van der Waals surface area contributed by atoms with Crippen molar-refractivity contribution in [1.82, 2.24) is 4.98 Å². The van der Waals surface area contributed by atoms with Crippen LogP contribution in [0.4, 0.5) is 0 Å². The highest BCUT2D eigenvalue weighted by Crippen LogP contribution is 2.44. The van der Waals surface area contributed by atoms with Gasteiger partial charge in [0.25, 0.3) is 0 Å². The molecule has 1 heterocycles. The van der Waals surface area contributed by atoms with Crippen LogP contribution >= 0.6 is 23.5 Å². The number of thioether (sulfide) groups is 2. The molecule has 0 saturated carbocycles. The van der Waals surface area contributed by atoms with Crippen molar-refractivity contribution >= 4 is 23.5 Å². The molecule has 78 valence electrons. The summed E-state index contributed by atoms with van der Waals surface area (Å²) in [6.45, 7) is 6.74. The summed E-state index contributed by atoms with van der Waals surface area (Å²) in [6, 6.07) is 4.15. The zero-order valence-corrected chi connectivity index (χ0v) is 10.8. The van der Waals surface area contributed by atoms with Crippen molar-refractivity contribution in [2.45, 2.75) is 30.1 Å². The van der Waals surface area contributed by atoms with Gasteiger partial charge in [0, 0.05) is 17.1 Å². The van der Waals surface area contributed by atoms with Gasteiger partial charge in [0.2, 0.25) is 0 Å². The Balaban J connectivity index is 2.73. The Morgan fingerprint density at radius 3 is 2.50 bits per heavy atom. The van der Waals surface area contributed by atoms with Gasteiger partial charge in [0.15, 0.2) is 0 Å². The maximum atomic E-state index is 4.16. The van der Waals surface area contributed by atoms with Gasteiger partial charge in [0.05, 0.1) is 4.58 Å². The van der Waals surface area contributed by atoms with Crippen molar-refractivity contribution in [3.63, 3.8) is 0 Å². The lowest BCUT2D eigenvalue weighted by atomic mass is 10.3. The van der Waals surface area contributed by atoms with Crippen LogP contribution in [-0.4, -0.2) is 16.0 Å². The molecule has 0 aliphatic heterocycles. The van der Waals surface area contributed by atoms with Gasteiger partial charge in [-0.25, -0.2) is 0 Å². The maximum Gasteiger partial charge on any atom is 0.0768 e. The topological polar surface area (TPSA) is 12.9 Å². The minimum absolute atomic E-state index is 0.295. The predicted molar refractivity (Wildman–Crippen MR) is 67.8 cm³/mol. The molecule has 1 rings (SSSR count). The van der Waals surface area contributed by atoms with Gasteiger partial charge in [0.1, 0.15) is 0 Å². The first-order valence-electron chi connectivity index (χ1n) is 4.63. The van der Waals surface area contributed by atoms with E-state index in [0.29, 0.717) is 9.33 Å². The van der Waals surface area contributed by atoms with E-state index >= 15 is 0 Å². The third-order valence-corrected chi connectivity index (χ3v) is 4.39. The van der Waals surface area contributed by atoms with Crippen LogP contribution in [0.5, 0.6) is 0 Å². The smallest absolute Gasteiger partial charge is 0.0768 e. The van der Waals surface area contributed by atoms with Crippen molar-refractivity contribution < 1.29 is 0 Å². The molecule has 0 N–H and O–H groups in total. The van der Waals surface area contributed by atoms with E-state index in [4.69, 9.17) is 0 Å². The van der Waals surface area contributed by atoms with Crippen molar-refractivity contribution in [2.24, 2.45) is 0 Å². The second-order valence-electron chi connectivity index (χ2n) is 4.08. The van der Waals surface area contributed by atoms with Crippen molar-refractivity contribution in [2.75, 3.05) is 6.26 Å². The Morgan fingerprint density at radius 1 is 1.36 bits per heavy atom. The molecule has 1 nitrogen and oxygen atoms in total. The Hall–Kier alpha value is -0.150. The van der Waals surface area contributed by atoms with Gasteiger partial charge >= 0.3 is 0 Å². The van der Waals surface area contributed by atoms with Crippen LogP contribution in [0.3, 0.4) is 0 Å². The predicted octanol–water partition coefficient (Wildman–Crippen LogP) is 3.97. The highest BCUT2D eigenvalue weighted by molar-refractivity contribution is 8.16. The summed E-state index contributed by atoms with van der Waals surface area (Å²) in [6.07, 6.45) is 5.93. The third-order valence-electron chi connectivity index (χ3n) is 1.63. The summed E-state index contributed by atoms with van der Waals surface area (Å²) < 4.78 is 0.785. The number of hydrogen-bond acceptors (Lipinski definition) is 3. The van der Waals surface area contributed by atoms with Gasteiger partial charge in [-0.1, -0.05) is 26.8 Å². The van der Waals surface area contributed by atoms with E-state index in [0.717, 1.165) is 0 Å². The Morgan fingerprint density at radius 2 is 2.07 bits per heavy atom. The average Bonchev–Trinajstić information content (AvgIpc) is 2.14. The molecule has 1 unspecified atom stereocenters. The second-order valence-corrected chi connectivity index (χ2v) is 7.26. The van der Waals surface area contributed by atoms with E-state index in [-0.39, 0.29) is 0 Å². The summed E-state index contributed by atoms with van der Waals surface area (Å²) in [5, 5.41) is 0. The molecule has 0 bridgehead atoms. The molecule has 1 aromatic heterocycles. The summed E-state index contributed by atoms with van der Waals surface area (Å²) in [5.41, 5.74) is 1.31. The van der Waals surface area contributed by atoms with Gasteiger partial charge < -0.3 is 0 Å². The average molecular weight is 227 g/mol. The van der Waals surface area contributed by atoms with E-state index in [1.807, 2.05) is 42.0 Å². The summed E-state index contributed by atoms with van der Waals surface area (Å²) in [5.74, 6) is 0. The minimum atomic E-state index is 0.295. The van der Waals surface area contributed by atoms with Crippen LogP contribution in [-0.2, 0) is 0 Å². The standard InChI is InChI=1S/C11H17NS2/c1-11(2,3)14-10(13-4)9-6-5-7-12-8-9/h5-8,10H,1-4H3. The monoisotopic (exact) mass is 227 g/mol. The lowest BCUT2D eigenvalue weighted by molar-refractivity contribution is 0.801. The fraction of sp³-hybridized carbons (Fsp3) is 0.545. The second kappa shape index (κ2) is 5.08. The maximum absolute atomic E-state index is 4.16. The summed E-state index contributed by atoms with van der Waals surface area (Å²) >= 11 is 3.85. The van der Waals surface area contributed by atoms with Crippen molar-refractivity contribution in [3.05, 3.63) is 30.1 Å². The summed E-state index contributed by atoms with van der Waals surface area (Å²) in [4.78, 5) is 4.16. The molecule has 3 heteroatoms. The molecule has 0 saturated heterocycles. The van der Waals surface area contributed by atoms with Crippen LogP contribution in [0.1, 0.15) is 30.9 Å². The molecule has 0 amide bonds.